The normalized spacial score (nSPS) is 18.7. The van der Waals surface area contributed by atoms with Crippen molar-refractivity contribution in [1.82, 2.24) is 20.6 Å². The predicted molar refractivity (Wildman–Crippen MR) is 572 cm³/mol. The molecule has 0 saturated heterocycles. The van der Waals surface area contributed by atoms with Crippen LogP contribution in [0.25, 0.3) is 0 Å². The number of H-pyrrole nitrogens is 1. The maximum absolute atomic E-state index is 10.9. The number of fused-ring (bicyclic) bond motifs is 1. The molecule has 2 fully saturated rings. The van der Waals surface area contributed by atoms with Gasteiger partial charge in [-0.15, -0.1) is 35.8 Å². The summed E-state index contributed by atoms with van der Waals surface area (Å²) < 4.78 is 223. The zero-order valence-electron chi connectivity index (χ0n) is 86.2. The van der Waals surface area contributed by atoms with Gasteiger partial charge in [-0.2, -0.15) is 89.7 Å². The molecule has 6 unspecified atom stereocenters. The highest BCUT2D eigenvalue weighted by atomic mass is 32.2. The summed E-state index contributed by atoms with van der Waals surface area (Å²) in [4.78, 5) is 21.8. The number of benzene rings is 5. The Morgan fingerprint density at radius 1 is 0.383 bits per heavy atom. The Bertz CT molecular complexity index is 6410. The monoisotopic (exact) mass is 2210 g/mol. The lowest BCUT2D eigenvalue weighted by molar-refractivity contribution is 0.130. The molecule has 8 aliphatic rings. The van der Waals surface area contributed by atoms with Crippen molar-refractivity contribution in [3.8, 4) is 11.5 Å². The standard InChI is InChI=1S/C17H25N3O5S.C15H19N3O3S.C15H21N3O3S.C14H19N3O3S.C14H22O4S.C13H24N4O3S.C11H19N3O3S/c1-17(16-18-12-19-20-16,8-4-5-9-26(21,22)23)11-13-6-7-14(24-2)15(10-13)25-3;19-22(20,21)10-4-3-8-15(14-16-11-17-18-14)9-7-12-5-1-2-6-13(12)15;1-15(14-16-12-17-18-14,9-5-6-10-22(19,20)21)11-13-7-3-2-4-8-13;1-14(13-15-11-16-17-13,12-7-3-2-4-8-12)9-5-6-10-21(18,19)20;1-14(12-15,9-5-6-10-19(16,17)18)11-13-7-3-2-4-8-13;1-13(12-14-16-17-15-12,10-11-6-2-3-7-11)8-4-5-9-21(18,19)20;15-18(16,17)8-4-3-7-11(5-1-2-6-11)10-12-9-13-14-10/h6-7,10H,4-5,8-9,11-12H2,1-3H3,(H,21,22,23);1-2,5-6H,3-4,7-11H2,(H,19,20,21);2-4,7-8H,5-6,9-12H2,1H3,(H,19,20,21);2-4,7-8H,5-6,9-11H2,1H3,(H,18,19,20);2-4,7-8,15H,5-6,9-12H2,1H3,(H,16,17,18);11H,2-10H2,1H3,(H,18,19,20)(H,14,15,16,17);1-9H2,(H,15,16,17). The highest BCUT2D eigenvalue weighted by Crippen LogP contribution is 2.48. The number of nitrogens with zero attached hydrogens (tertiary/aromatic N) is 18. The minimum Gasteiger partial charge on any atom is -0.493 e. The predicted octanol–water partition coefficient (Wildman–Crippen LogP) is 18.6. The topological polar surface area (TPSA) is 659 Å². The van der Waals surface area contributed by atoms with E-state index in [1.807, 2.05) is 130 Å². The Kier molecular flexibility index (Phi) is 49.4. The lowest BCUT2D eigenvalue weighted by Crippen LogP contribution is -2.32. The third kappa shape index (κ3) is 44.6. The molecule has 0 amide bonds. The summed E-state index contributed by atoms with van der Waals surface area (Å²) in [7, 11) is -24.0. The fraction of sp³-hybridized carbons (Fsp3) is 0.636. The van der Waals surface area contributed by atoms with Gasteiger partial charge in [-0.25, -0.2) is 25.0 Å². The molecule has 50 heteroatoms. The first kappa shape index (κ1) is 125. The number of tetrazole rings is 1. The van der Waals surface area contributed by atoms with Gasteiger partial charge in [0.25, 0.3) is 70.8 Å². The van der Waals surface area contributed by atoms with Gasteiger partial charge in [0.15, 0.2) is 79.8 Å². The van der Waals surface area contributed by atoms with Crippen LogP contribution in [0.4, 0.5) is 0 Å². The van der Waals surface area contributed by atoms with Crippen LogP contribution in [0.5, 0.6) is 11.5 Å². The highest BCUT2D eigenvalue weighted by molar-refractivity contribution is 7.87. The lowest BCUT2D eigenvalue weighted by atomic mass is 9.76. The Labute approximate surface area is 877 Å². The number of aromatic nitrogens is 4. The van der Waals surface area contributed by atoms with Crippen LogP contribution < -0.4 is 9.47 Å². The molecule has 5 aliphatic heterocycles. The molecule has 5 aromatic carbocycles. The summed E-state index contributed by atoms with van der Waals surface area (Å²) in [5, 5.41) is 64.4. The Morgan fingerprint density at radius 2 is 0.779 bits per heavy atom. The van der Waals surface area contributed by atoms with Gasteiger partial charge in [0, 0.05) is 28.3 Å². The van der Waals surface area contributed by atoms with Gasteiger partial charge in [0.05, 0.1) is 65.3 Å². The summed E-state index contributed by atoms with van der Waals surface area (Å²) in [5.74, 6) is 4.99. The summed E-state index contributed by atoms with van der Waals surface area (Å²) in [6.45, 7) is 12.2. The van der Waals surface area contributed by atoms with Crippen LogP contribution in [0.1, 0.15) is 273 Å². The number of unbranched alkanes of at least 4 members (excludes halogenated alkanes) is 7. The highest BCUT2D eigenvalue weighted by Gasteiger charge is 2.45. The molecular formula is C99H149N19O24S7. The van der Waals surface area contributed by atoms with Gasteiger partial charge >= 0.3 is 0 Å². The number of aliphatic hydroxyl groups excluding tert-OH is 1. The Hall–Kier alpha value is -9.55. The fourth-order valence-electron chi connectivity index (χ4n) is 20.1. The van der Waals surface area contributed by atoms with Crippen LogP contribution in [0.15, 0.2) is 210 Å². The first-order valence-corrected chi connectivity index (χ1v) is 61.7. The zero-order valence-corrected chi connectivity index (χ0v) is 92.0. The molecule has 6 atom stereocenters. The van der Waals surface area contributed by atoms with E-state index in [0.29, 0.717) is 165 Å². The summed E-state index contributed by atoms with van der Waals surface area (Å²) in [5.41, 5.74) is 5.28. The van der Waals surface area contributed by atoms with Crippen molar-refractivity contribution < 1.29 is 105 Å². The van der Waals surface area contributed by atoms with Gasteiger partial charge in [-0.3, -0.25) is 31.9 Å². The second kappa shape index (κ2) is 59.1. The number of methoxy groups -OCH3 is 2. The molecule has 149 heavy (non-hydrogen) atoms. The summed E-state index contributed by atoms with van der Waals surface area (Å²) >= 11 is 0. The van der Waals surface area contributed by atoms with Crippen LogP contribution in [0, 0.1) is 27.6 Å². The lowest BCUT2D eigenvalue weighted by Gasteiger charge is -2.29. The van der Waals surface area contributed by atoms with E-state index in [9.17, 15) is 64.0 Å². The van der Waals surface area contributed by atoms with E-state index in [1.54, 1.807) is 14.2 Å². The van der Waals surface area contributed by atoms with Crippen LogP contribution >= 0.6 is 0 Å². The van der Waals surface area contributed by atoms with Gasteiger partial charge in [0.1, 0.15) is 0 Å². The molecule has 6 aromatic rings. The molecule has 9 N–H and O–H groups in total. The van der Waals surface area contributed by atoms with Crippen molar-refractivity contribution in [1.29, 1.82) is 0 Å². The van der Waals surface area contributed by atoms with E-state index in [4.69, 9.17) is 41.3 Å². The van der Waals surface area contributed by atoms with Crippen molar-refractivity contribution in [2.45, 2.75) is 276 Å². The number of aryl methyl sites for hydroxylation is 1. The average Bonchev–Trinajstić information content (AvgIpc) is 1.59. The number of rotatable bonds is 53. The zero-order chi connectivity index (χ0) is 109. The Morgan fingerprint density at radius 3 is 1.21 bits per heavy atom. The first-order valence-electron chi connectivity index (χ1n) is 50.4. The number of ether oxygens (including phenoxy) is 2. The molecule has 1 aromatic heterocycles. The summed E-state index contributed by atoms with van der Waals surface area (Å²) in [6, 6.07) is 43.9. The van der Waals surface area contributed by atoms with E-state index < -0.39 is 76.2 Å². The Balaban J connectivity index is 0.000000212. The van der Waals surface area contributed by atoms with Crippen LogP contribution in [0.3, 0.4) is 0 Å². The minimum atomic E-state index is -3.94. The molecule has 0 radical (unpaired) electrons. The van der Waals surface area contributed by atoms with Crippen LogP contribution in [0.2, 0.25) is 0 Å². The number of hydrogen-bond donors (Lipinski definition) is 9. The van der Waals surface area contributed by atoms with Crippen molar-refractivity contribution in [3.63, 3.8) is 0 Å². The van der Waals surface area contributed by atoms with Gasteiger partial charge < -0.3 is 14.6 Å². The fourth-order valence-corrected chi connectivity index (χ4v) is 24.1. The van der Waals surface area contributed by atoms with Crippen LogP contribution in [-0.2, 0) is 113 Å². The van der Waals surface area contributed by atoms with Gasteiger partial charge in [-0.05, 0) is 205 Å². The molecular weight excluding hydrogens is 2060 g/mol. The van der Waals surface area contributed by atoms with Gasteiger partial charge in [0.2, 0.25) is 0 Å². The number of aliphatic hydroxyl groups is 1. The number of amidine groups is 5. The largest absolute Gasteiger partial charge is 0.493 e. The molecule has 43 nitrogen and oxygen atoms in total. The third-order valence-electron chi connectivity index (χ3n) is 27.9. The third-order valence-corrected chi connectivity index (χ3v) is 33.6. The number of nitrogens with one attached hydrogen (secondary N) is 1. The van der Waals surface area contributed by atoms with E-state index in [-0.39, 0.29) is 79.4 Å². The van der Waals surface area contributed by atoms with Crippen molar-refractivity contribution >= 4 is 100 Å². The van der Waals surface area contributed by atoms with E-state index >= 15 is 0 Å². The molecule has 0 spiro atoms. The molecule has 2 saturated carbocycles. The molecule has 0 bridgehead atoms. The SMILES string of the molecule is CC(CCCCS(=O)(=O)O)(C1=NCN=N1)c1ccccc1.CC(CCCCS(=O)(=O)O)(CC1CCCC1)c1nn[nH]n1.CC(CCCCS(=O)(=O)O)(Cc1ccccc1)C1=NCN=N1.CC(CO)(CCCCS(=O)(=O)O)Cc1ccccc1.COc1ccc(CC(C)(CCCCS(=O)(=O)O)C2=NCN=N2)cc1OC.O=S(=O)(O)CCCCC1(C2=NCN=N2)CCCC1.O=S(=O)(O)CCCCC1(C2=NCN=N2)CCc2ccccc21. The number of aliphatic imine (C=N–C) groups is 5. The smallest absolute Gasteiger partial charge is 0.264 e. The number of azo groups is 5. The van der Waals surface area contributed by atoms with Crippen LogP contribution in [-0.4, -0.2) is 240 Å². The van der Waals surface area contributed by atoms with Gasteiger partial charge in [-0.1, -0.05) is 238 Å². The first-order chi connectivity index (χ1) is 70.3. The quantitative estimate of drug-likeness (QED) is 0.0126. The second-order valence-electron chi connectivity index (χ2n) is 40.4. The number of aromatic amines is 1. The average molecular weight is 2210 g/mol. The maximum Gasteiger partial charge on any atom is 0.264 e. The summed E-state index contributed by atoms with van der Waals surface area (Å²) in [6.07, 6.45) is 27.8. The minimum absolute atomic E-state index is 0.0131. The van der Waals surface area contributed by atoms with Crippen molar-refractivity contribution in [2.24, 2.45) is 104 Å². The molecule has 3 aliphatic carbocycles. The molecule has 826 valence electrons. The van der Waals surface area contributed by atoms with E-state index in [2.05, 4.69) is 135 Å². The molecule has 6 heterocycles. The molecule has 14 rings (SSSR count). The maximum atomic E-state index is 10.9. The second-order valence-corrected chi connectivity index (χ2v) is 51.4. The van der Waals surface area contributed by atoms with Crippen molar-refractivity contribution in [3.05, 3.63) is 173 Å². The van der Waals surface area contributed by atoms with E-state index in [0.717, 1.165) is 124 Å². The van der Waals surface area contributed by atoms with E-state index in [1.165, 1.54) is 55.2 Å². The number of hydrogen-bond acceptors (Lipinski definition) is 35. The van der Waals surface area contributed by atoms with Crippen molar-refractivity contribution in [2.75, 3.05) is 94.4 Å².